The van der Waals surface area contributed by atoms with Crippen molar-refractivity contribution in [3.05, 3.63) is 69.5 Å². The highest BCUT2D eigenvalue weighted by Crippen LogP contribution is 2.21. The van der Waals surface area contributed by atoms with Crippen LogP contribution in [0.15, 0.2) is 58.5 Å². The number of halogens is 1. The number of amides is 1. The summed E-state index contributed by atoms with van der Waals surface area (Å²) < 4.78 is 7.25. The second-order valence-corrected chi connectivity index (χ2v) is 9.19. The molecule has 0 fully saturated rings. The van der Waals surface area contributed by atoms with Gasteiger partial charge in [0.05, 0.1) is 22.8 Å². The van der Waals surface area contributed by atoms with Crippen molar-refractivity contribution in [2.45, 2.75) is 44.6 Å². The molecular weight excluding hydrogens is 446 g/mol. The maximum absolute atomic E-state index is 13.1. The Hall–Kier alpha value is -2.35. The van der Waals surface area contributed by atoms with Crippen LogP contribution in [0.2, 0.25) is 5.02 Å². The Kier molecular flexibility index (Phi) is 8.73. The van der Waals surface area contributed by atoms with Gasteiger partial charge in [-0.05, 0) is 44.0 Å². The fraction of sp³-hybridized carbons (Fsp3) is 0.375. The van der Waals surface area contributed by atoms with Crippen LogP contribution in [0, 0.1) is 0 Å². The minimum atomic E-state index is -0.135. The van der Waals surface area contributed by atoms with E-state index in [0.29, 0.717) is 47.2 Å². The average molecular weight is 474 g/mol. The third kappa shape index (κ3) is 6.58. The third-order valence-corrected chi connectivity index (χ3v) is 6.07. The Balaban J connectivity index is 1.77. The molecule has 2 aromatic carbocycles. The quantitative estimate of drug-likeness (QED) is 0.244. The number of carbonyl (C=O) groups is 1. The monoisotopic (exact) mass is 473 g/mol. The van der Waals surface area contributed by atoms with Gasteiger partial charge in [-0.25, -0.2) is 4.98 Å². The summed E-state index contributed by atoms with van der Waals surface area (Å²) in [6.07, 6.45) is 0.809. The predicted molar refractivity (Wildman–Crippen MR) is 130 cm³/mol. The van der Waals surface area contributed by atoms with Gasteiger partial charge in [0.2, 0.25) is 5.91 Å². The van der Waals surface area contributed by atoms with Crippen LogP contribution in [0.5, 0.6) is 0 Å². The van der Waals surface area contributed by atoms with Crippen molar-refractivity contribution >= 4 is 40.2 Å². The van der Waals surface area contributed by atoms with Crippen LogP contribution in [0.25, 0.3) is 10.9 Å². The van der Waals surface area contributed by atoms with Gasteiger partial charge in [-0.1, -0.05) is 53.7 Å². The topological polar surface area (TPSA) is 64.4 Å². The van der Waals surface area contributed by atoms with Crippen LogP contribution >= 0.6 is 23.4 Å². The maximum atomic E-state index is 13.1. The molecule has 1 aromatic heterocycles. The number of nitrogens with zero attached hydrogens (tertiary/aromatic N) is 3. The van der Waals surface area contributed by atoms with Crippen LogP contribution in [-0.2, 0) is 22.6 Å². The van der Waals surface area contributed by atoms with Gasteiger partial charge in [0.25, 0.3) is 5.56 Å². The van der Waals surface area contributed by atoms with Gasteiger partial charge in [-0.15, -0.1) is 0 Å². The number of hydrogen-bond donors (Lipinski definition) is 0. The highest BCUT2D eigenvalue weighted by Gasteiger charge is 2.16. The summed E-state index contributed by atoms with van der Waals surface area (Å²) in [6, 6.07) is 14.9. The van der Waals surface area contributed by atoms with Crippen LogP contribution in [0.1, 0.15) is 25.8 Å². The summed E-state index contributed by atoms with van der Waals surface area (Å²) >= 11 is 7.38. The van der Waals surface area contributed by atoms with Crippen molar-refractivity contribution in [2.75, 3.05) is 19.4 Å². The van der Waals surface area contributed by atoms with Crippen molar-refractivity contribution in [3.63, 3.8) is 0 Å². The van der Waals surface area contributed by atoms with E-state index in [1.165, 1.54) is 11.8 Å². The molecule has 0 aliphatic rings. The predicted octanol–water partition coefficient (Wildman–Crippen LogP) is 4.62. The van der Waals surface area contributed by atoms with Crippen molar-refractivity contribution < 1.29 is 9.53 Å². The summed E-state index contributed by atoms with van der Waals surface area (Å²) in [5, 5.41) is 1.54. The number of hydrogen-bond acceptors (Lipinski definition) is 5. The molecule has 0 unspecified atom stereocenters. The third-order valence-electron chi connectivity index (χ3n) is 4.87. The molecule has 0 atom stereocenters. The molecule has 0 N–H and O–H groups in total. The Morgan fingerprint density at radius 3 is 2.69 bits per heavy atom. The maximum Gasteiger partial charge on any atom is 0.262 e. The van der Waals surface area contributed by atoms with Gasteiger partial charge in [0.1, 0.15) is 0 Å². The fourth-order valence-electron chi connectivity index (χ4n) is 3.20. The first-order chi connectivity index (χ1) is 15.3. The summed E-state index contributed by atoms with van der Waals surface area (Å²) in [4.78, 5) is 32.2. The molecule has 32 heavy (non-hydrogen) atoms. The number of rotatable bonds is 10. The zero-order chi connectivity index (χ0) is 23.1. The van der Waals surface area contributed by atoms with E-state index in [1.807, 2.05) is 44.2 Å². The van der Waals surface area contributed by atoms with Gasteiger partial charge >= 0.3 is 0 Å². The smallest absolute Gasteiger partial charge is 0.262 e. The lowest BCUT2D eigenvalue weighted by atomic mass is 10.2. The van der Waals surface area contributed by atoms with E-state index < -0.39 is 0 Å². The second kappa shape index (κ2) is 11.5. The molecule has 0 aliphatic heterocycles. The molecule has 8 heteroatoms. The van der Waals surface area contributed by atoms with Crippen molar-refractivity contribution in [1.29, 1.82) is 0 Å². The van der Waals surface area contributed by atoms with Gasteiger partial charge in [-0.2, -0.15) is 0 Å². The average Bonchev–Trinajstić information content (AvgIpc) is 2.76. The molecule has 0 bridgehead atoms. The van der Waals surface area contributed by atoms with Gasteiger partial charge in [-0.3, -0.25) is 14.2 Å². The molecule has 0 radical (unpaired) electrons. The summed E-state index contributed by atoms with van der Waals surface area (Å²) in [5.74, 6) is 0.152. The van der Waals surface area contributed by atoms with Crippen molar-refractivity contribution in [1.82, 2.24) is 14.5 Å². The van der Waals surface area contributed by atoms with Crippen molar-refractivity contribution in [2.24, 2.45) is 0 Å². The zero-order valence-corrected chi connectivity index (χ0v) is 20.2. The lowest BCUT2D eigenvalue weighted by Gasteiger charge is -2.18. The molecule has 1 amide bonds. The Morgan fingerprint density at radius 2 is 1.97 bits per heavy atom. The number of benzene rings is 2. The highest BCUT2D eigenvalue weighted by atomic mass is 35.5. The highest BCUT2D eigenvalue weighted by molar-refractivity contribution is 7.99. The zero-order valence-electron chi connectivity index (χ0n) is 18.6. The Labute approximate surface area is 197 Å². The lowest BCUT2D eigenvalue weighted by Crippen LogP contribution is -2.29. The van der Waals surface area contributed by atoms with E-state index >= 15 is 0 Å². The largest absolute Gasteiger partial charge is 0.379 e. The van der Waals surface area contributed by atoms with E-state index in [-0.39, 0.29) is 23.3 Å². The second-order valence-electron chi connectivity index (χ2n) is 7.81. The Morgan fingerprint density at radius 1 is 1.22 bits per heavy atom. The van der Waals surface area contributed by atoms with Gasteiger partial charge < -0.3 is 9.64 Å². The first-order valence-electron chi connectivity index (χ1n) is 10.6. The summed E-state index contributed by atoms with van der Waals surface area (Å²) in [7, 11) is 1.78. The number of fused-ring (bicyclic) bond motifs is 1. The molecule has 0 saturated carbocycles. The summed E-state index contributed by atoms with van der Waals surface area (Å²) in [6.45, 7) is 5.50. The molecule has 0 spiro atoms. The number of carbonyl (C=O) groups excluding carboxylic acids is 1. The van der Waals surface area contributed by atoms with E-state index in [4.69, 9.17) is 16.3 Å². The van der Waals surface area contributed by atoms with Crippen LogP contribution in [0.3, 0.4) is 0 Å². The molecule has 0 aliphatic carbocycles. The summed E-state index contributed by atoms with van der Waals surface area (Å²) in [5.41, 5.74) is 1.46. The van der Waals surface area contributed by atoms with E-state index in [1.54, 1.807) is 34.7 Å². The molecule has 170 valence electrons. The Bertz CT molecular complexity index is 1120. The molecular formula is C24H28ClN3O3S. The van der Waals surface area contributed by atoms with Gasteiger partial charge in [0.15, 0.2) is 5.16 Å². The van der Waals surface area contributed by atoms with Crippen LogP contribution in [-0.4, -0.2) is 45.9 Å². The first kappa shape index (κ1) is 24.3. The number of thioether (sulfide) groups is 1. The van der Waals surface area contributed by atoms with E-state index in [2.05, 4.69) is 4.98 Å². The standard InChI is InChI=1S/C24H28ClN3O3S/c1-17(2)31-13-7-12-28-23(30)20-11-10-19(25)14-21(20)26-24(28)32-16-22(29)27(3)15-18-8-5-4-6-9-18/h4-6,8-11,14,17H,7,12-13,15-16H2,1-3H3. The van der Waals surface area contributed by atoms with Crippen LogP contribution < -0.4 is 5.56 Å². The normalized spacial score (nSPS) is 11.3. The van der Waals surface area contributed by atoms with Gasteiger partial charge in [0, 0.05) is 31.8 Å². The minimum Gasteiger partial charge on any atom is -0.379 e. The number of aromatic nitrogens is 2. The minimum absolute atomic E-state index is 0.0333. The number of ether oxygens (including phenoxy) is 1. The van der Waals surface area contributed by atoms with Crippen molar-refractivity contribution in [3.8, 4) is 0 Å². The van der Waals surface area contributed by atoms with Crippen LogP contribution in [0.4, 0.5) is 0 Å². The van der Waals surface area contributed by atoms with E-state index in [0.717, 1.165) is 5.56 Å². The molecule has 3 aromatic rings. The molecule has 1 heterocycles. The molecule has 3 rings (SSSR count). The SMILES string of the molecule is CC(C)OCCCn1c(SCC(=O)N(C)Cc2ccccc2)nc2cc(Cl)ccc2c1=O. The fourth-order valence-corrected chi connectivity index (χ4v) is 4.34. The van der Waals surface area contributed by atoms with E-state index in [9.17, 15) is 9.59 Å². The molecule has 6 nitrogen and oxygen atoms in total. The molecule has 0 saturated heterocycles. The lowest BCUT2D eigenvalue weighted by molar-refractivity contribution is -0.127. The first-order valence-corrected chi connectivity index (χ1v) is 11.9.